The molecule has 0 saturated carbocycles. The third kappa shape index (κ3) is 5.47. The molecule has 0 heterocycles. The van der Waals surface area contributed by atoms with E-state index in [0.29, 0.717) is 6.10 Å². The third-order valence-electron chi connectivity index (χ3n) is 2.35. The lowest BCUT2D eigenvalue weighted by atomic mass is 10.1. The van der Waals surface area contributed by atoms with Crippen molar-refractivity contribution in [1.29, 1.82) is 0 Å². The van der Waals surface area contributed by atoms with E-state index in [1.807, 2.05) is 26.0 Å². The molecule has 1 nitrogen and oxygen atoms in total. The second kappa shape index (κ2) is 7.82. The van der Waals surface area contributed by atoms with Gasteiger partial charge in [-0.15, -0.1) is 0 Å². The van der Waals surface area contributed by atoms with Crippen LogP contribution in [0.2, 0.25) is 0 Å². The lowest BCUT2D eigenvalue weighted by molar-refractivity contribution is 0.267. The maximum atomic E-state index is 4.89. The Morgan fingerprint density at radius 2 is 1.06 bits per heavy atom. The lowest BCUT2D eigenvalue weighted by Gasteiger charge is -1.98. The van der Waals surface area contributed by atoms with Crippen molar-refractivity contribution in [3.63, 3.8) is 0 Å². The van der Waals surface area contributed by atoms with Crippen LogP contribution in [0.5, 0.6) is 0 Å². The first-order valence-electron chi connectivity index (χ1n) is 5.87. The Kier molecular flexibility index (Phi) is 6.29. The summed E-state index contributed by atoms with van der Waals surface area (Å²) < 4.78 is 4.89. The van der Waals surface area contributed by atoms with E-state index in [2.05, 4.69) is 48.5 Å². The van der Waals surface area contributed by atoms with Crippen LogP contribution in [0.15, 0.2) is 60.7 Å². The molecule has 0 bridgehead atoms. The molecule has 2 heteroatoms. The first-order valence-corrected chi connectivity index (χ1v) is 6.69. The quantitative estimate of drug-likeness (QED) is 0.738. The van der Waals surface area contributed by atoms with E-state index in [4.69, 9.17) is 4.43 Å². The van der Waals surface area contributed by atoms with Crippen LogP contribution in [-0.2, 0) is 4.43 Å². The summed E-state index contributed by atoms with van der Waals surface area (Å²) in [6.07, 6.45) is 0.446. The molecule has 0 N–H and O–H groups in total. The van der Waals surface area contributed by atoms with E-state index in [1.165, 1.54) is 11.1 Å². The molecule has 0 fully saturated rings. The van der Waals surface area contributed by atoms with Crippen molar-refractivity contribution in [2.24, 2.45) is 0 Å². The van der Waals surface area contributed by atoms with Crippen LogP contribution in [0.4, 0.5) is 0 Å². The van der Waals surface area contributed by atoms with Crippen LogP contribution >= 0.6 is 0 Å². The Bertz CT molecular complexity index is 360. The molecule has 0 atom stereocenters. The predicted molar refractivity (Wildman–Crippen MR) is 78.0 cm³/mol. The number of hydrogen-bond donors (Lipinski definition) is 0. The van der Waals surface area contributed by atoms with Crippen molar-refractivity contribution in [3.8, 4) is 11.1 Å². The summed E-state index contributed by atoms with van der Waals surface area (Å²) >= 11 is 0. The molecule has 2 aromatic rings. The maximum absolute atomic E-state index is 4.89. The summed E-state index contributed by atoms with van der Waals surface area (Å²) in [5.74, 6) is 0. The summed E-state index contributed by atoms with van der Waals surface area (Å²) in [4.78, 5) is 0. The number of hydrogen-bond acceptors (Lipinski definition) is 1. The molecule has 2 rings (SSSR count). The highest BCUT2D eigenvalue weighted by atomic mass is 28.2. The van der Waals surface area contributed by atoms with E-state index in [1.54, 1.807) is 0 Å². The maximum Gasteiger partial charge on any atom is 0.146 e. The van der Waals surface area contributed by atoms with Crippen molar-refractivity contribution in [1.82, 2.24) is 0 Å². The topological polar surface area (TPSA) is 9.23 Å². The van der Waals surface area contributed by atoms with Gasteiger partial charge in [-0.3, -0.25) is 0 Å². The molecule has 0 spiro atoms. The van der Waals surface area contributed by atoms with Crippen LogP contribution in [0.1, 0.15) is 13.8 Å². The highest BCUT2D eigenvalue weighted by Crippen LogP contribution is 2.17. The van der Waals surface area contributed by atoms with Crippen molar-refractivity contribution in [2.75, 3.05) is 0 Å². The molecule has 90 valence electrons. The predicted octanol–water partition coefficient (Wildman–Crippen LogP) is 3.05. The molecule has 0 radical (unpaired) electrons. The van der Waals surface area contributed by atoms with E-state index < -0.39 is 0 Å². The zero-order valence-electron chi connectivity index (χ0n) is 10.8. The molecule has 0 aliphatic rings. The average Bonchev–Trinajstić information content (AvgIpc) is 2.41. The van der Waals surface area contributed by atoms with Gasteiger partial charge in [0, 0.05) is 6.10 Å². The Labute approximate surface area is 107 Å². The second-order valence-electron chi connectivity index (χ2n) is 4.02. The fraction of sp³-hybridized carbons (Fsp3) is 0.200. The van der Waals surface area contributed by atoms with Gasteiger partial charge < -0.3 is 4.43 Å². The number of rotatable bonds is 2. The van der Waals surface area contributed by atoms with Crippen LogP contribution < -0.4 is 0 Å². The smallest absolute Gasteiger partial charge is 0.146 e. The van der Waals surface area contributed by atoms with Crippen LogP contribution in [0, 0.1) is 0 Å². The summed E-state index contributed by atoms with van der Waals surface area (Å²) in [6, 6.07) is 20.8. The number of benzene rings is 2. The minimum absolute atomic E-state index is 0.446. The third-order valence-corrected chi connectivity index (χ3v) is 3.30. The fourth-order valence-corrected chi connectivity index (χ4v) is 1.26. The zero-order valence-corrected chi connectivity index (χ0v) is 12.8. The van der Waals surface area contributed by atoms with Crippen LogP contribution in [0.25, 0.3) is 11.1 Å². The van der Waals surface area contributed by atoms with Crippen molar-refractivity contribution in [3.05, 3.63) is 60.7 Å². The largest absolute Gasteiger partial charge is 0.426 e. The van der Waals surface area contributed by atoms with Crippen molar-refractivity contribution in [2.45, 2.75) is 20.0 Å². The molecular formula is C15H20OSi. The zero-order chi connectivity index (χ0) is 12.5. The minimum atomic E-state index is 0.446. The van der Waals surface area contributed by atoms with Gasteiger partial charge in [0.2, 0.25) is 0 Å². The van der Waals surface area contributed by atoms with Gasteiger partial charge in [0.25, 0.3) is 0 Å². The van der Waals surface area contributed by atoms with Gasteiger partial charge in [0.15, 0.2) is 0 Å². The Balaban J connectivity index is 0.000000249. The van der Waals surface area contributed by atoms with Gasteiger partial charge in [0.1, 0.15) is 10.5 Å². The van der Waals surface area contributed by atoms with E-state index in [-0.39, 0.29) is 0 Å². The Hall–Kier alpha value is -1.38. The van der Waals surface area contributed by atoms with Crippen LogP contribution in [0.3, 0.4) is 0 Å². The lowest BCUT2D eigenvalue weighted by Crippen LogP contribution is -1.95. The van der Waals surface area contributed by atoms with Gasteiger partial charge in [-0.05, 0) is 25.0 Å². The highest BCUT2D eigenvalue weighted by molar-refractivity contribution is 5.98. The fourth-order valence-electron chi connectivity index (χ4n) is 1.26. The van der Waals surface area contributed by atoms with E-state index in [9.17, 15) is 0 Å². The summed E-state index contributed by atoms with van der Waals surface area (Å²) in [6.45, 7) is 4.07. The molecular weight excluding hydrogens is 224 g/mol. The van der Waals surface area contributed by atoms with Crippen LogP contribution in [-0.4, -0.2) is 16.6 Å². The van der Waals surface area contributed by atoms with Gasteiger partial charge in [-0.25, -0.2) is 0 Å². The van der Waals surface area contributed by atoms with Crippen molar-refractivity contribution < 1.29 is 4.43 Å². The first-order chi connectivity index (χ1) is 8.24. The van der Waals surface area contributed by atoms with Gasteiger partial charge in [-0.1, -0.05) is 60.7 Å². The second-order valence-corrected chi connectivity index (χ2v) is 4.49. The van der Waals surface area contributed by atoms with Gasteiger partial charge in [0.05, 0.1) is 0 Å². The Morgan fingerprint density at radius 3 is 1.29 bits per heavy atom. The first kappa shape index (κ1) is 13.7. The monoisotopic (exact) mass is 244 g/mol. The van der Waals surface area contributed by atoms with E-state index in [0.717, 1.165) is 10.5 Å². The van der Waals surface area contributed by atoms with Gasteiger partial charge >= 0.3 is 0 Å². The average molecular weight is 244 g/mol. The van der Waals surface area contributed by atoms with Gasteiger partial charge in [-0.2, -0.15) is 0 Å². The summed E-state index contributed by atoms with van der Waals surface area (Å²) in [5, 5.41) is 0. The highest BCUT2D eigenvalue weighted by Gasteiger charge is 1.91. The molecule has 0 amide bonds. The standard InChI is InChI=1S/C12H10.C3H10OSi/c1-3-7-11(8-4-1)12-9-5-2-6-10-12;1-3(2)4-5/h1-10H;3H,1-2,5H3. The molecule has 0 unspecified atom stereocenters. The SMILES string of the molecule is CC(C)O[SiH3].c1ccc(-c2ccccc2)cc1. The molecule has 0 aliphatic heterocycles. The summed E-state index contributed by atoms with van der Waals surface area (Å²) in [7, 11) is 0.873. The Morgan fingerprint density at radius 1 is 0.765 bits per heavy atom. The minimum Gasteiger partial charge on any atom is -0.426 e. The van der Waals surface area contributed by atoms with E-state index >= 15 is 0 Å². The molecule has 17 heavy (non-hydrogen) atoms. The van der Waals surface area contributed by atoms with Crippen molar-refractivity contribution >= 4 is 10.5 Å². The molecule has 0 saturated heterocycles. The normalized spacial score (nSPS) is 9.82. The molecule has 0 aliphatic carbocycles. The molecule has 0 aromatic heterocycles. The summed E-state index contributed by atoms with van der Waals surface area (Å²) in [5.41, 5.74) is 2.55. The molecule has 2 aromatic carbocycles.